The maximum Gasteiger partial charge on any atom is 0.240 e. The van der Waals surface area contributed by atoms with Crippen molar-refractivity contribution in [1.82, 2.24) is 4.72 Å². The molecule has 0 aliphatic carbocycles. The van der Waals surface area contributed by atoms with Crippen LogP contribution in [0.3, 0.4) is 0 Å². The van der Waals surface area contributed by atoms with Crippen LogP contribution in [0, 0.1) is 6.92 Å². The summed E-state index contributed by atoms with van der Waals surface area (Å²) >= 11 is 0. The molecule has 9 nitrogen and oxygen atoms in total. The molecule has 0 unspecified atom stereocenters. The minimum Gasteiger partial charge on any atom is -0.493 e. The lowest BCUT2D eigenvalue weighted by molar-refractivity contribution is -0.116. The van der Waals surface area contributed by atoms with Gasteiger partial charge in [-0.15, -0.1) is 0 Å². The number of benzene rings is 2. The van der Waals surface area contributed by atoms with E-state index in [4.69, 9.17) is 18.9 Å². The highest BCUT2D eigenvalue weighted by molar-refractivity contribution is 7.89. The highest BCUT2D eigenvalue weighted by atomic mass is 32.2. The van der Waals surface area contributed by atoms with Crippen molar-refractivity contribution in [1.29, 1.82) is 0 Å². The normalized spacial score (nSPS) is 13.2. The number of ether oxygens (including phenoxy) is 4. The fourth-order valence-corrected chi connectivity index (χ4v) is 4.27. The Bertz CT molecular complexity index is 1070. The molecular weight excluding hydrogens is 436 g/mol. The zero-order chi connectivity index (χ0) is 23.1. The van der Waals surface area contributed by atoms with Gasteiger partial charge >= 0.3 is 0 Å². The molecule has 0 spiro atoms. The van der Waals surface area contributed by atoms with Crippen molar-refractivity contribution in [2.75, 3.05) is 39.3 Å². The van der Waals surface area contributed by atoms with E-state index in [-0.39, 0.29) is 23.8 Å². The standard InChI is InChI=1S/C22H28N2O7S/c1-15-12-19(28-2)20(29-3)14-17(15)24-22(25)6-4-9-23-32(26,27)16-7-8-18-21(13-16)31-11-5-10-30-18/h7-8,12-14,23H,4-6,9-11H2,1-3H3,(H,24,25). The van der Waals surface area contributed by atoms with E-state index >= 15 is 0 Å². The van der Waals surface area contributed by atoms with Crippen molar-refractivity contribution in [3.63, 3.8) is 0 Å². The van der Waals surface area contributed by atoms with Gasteiger partial charge in [-0.05, 0) is 37.1 Å². The largest absolute Gasteiger partial charge is 0.493 e. The summed E-state index contributed by atoms with van der Waals surface area (Å²) in [5.41, 5.74) is 1.44. The average molecular weight is 465 g/mol. The minimum atomic E-state index is -3.73. The number of carbonyl (C=O) groups is 1. The molecule has 2 aromatic rings. The molecule has 0 atom stereocenters. The van der Waals surface area contributed by atoms with Crippen molar-refractivity contribution < 1.29 is 32.2 Å². The van der Waals surface area contributed by atoms with Crippen LogP contribution in [0.2, 0.25) is 0 Å². The molecule has 1 heterocycles. The summed E-state index contributed by atoms with van der Waals surface area (Å²) in [4.78, 5) is 12.4. The number of amides is 1. The Morgan fingerprint density at radius 1 is 1.03 bits per heavy atom. The van der Waals surface area contributed by atoms with Crippen molar-refractivity contribution >= 4 is 21.6 Å². The second kappa shape index (κ2) is 10.6. The van der Waals surface area contributed by atoms with E-state index in [0.717, 1.165) is 12.0 Å². The SMILES string of the molecule is COc1cc(C)c(NC(=O)CCCNS(=O)(=O)c2ccc3c(c2)OCCCO3)cc1OC. The number of methoxy groups -OCH3 is 2. The highest BCUT2D eigenvalue weighted by Crippen LogP contribution is 2.33. The van der Waals surface area contributed by atoms with Gasteiger partial charge in [-0.3, -0.25) is 4.79 Å². The molecule has 174 valence electrons. The van der Waals surface area contributed by atoms with Gasteiger partial charge in [0.05, 0.1) is 32.3 Å². The summed E-state index contributed by atoms with van der Waals surface area (Å²) in [6.07, 6.45) is 1.22. The van der Waals surface area contributed by atoms with Crippen LogP contribution < -0.4 is 29.0 Å². The zero-order valence-corrected chi connectivity index (χ0v) is 19.2. The van der Waals surface area contributed by atoms with Crippen molar-refractivity contribution in [2.24, 2.45) is 0 Å². The summed E-state index contributed by atoms with van der Waals surface area (Å²) in [7, 11) is -0.667. The third-order valence-electron chi connectivity index (χ3n) is 4.91. The summed E-state index contributed by atoms with van der Waals surface area (Å²) in [5, 5.41) is 2.82. The Hall–Kier alpha value is -2.98. The van der Waals surface area contributed by atoms with Crippen molar-refractivity contribution in [3.05, 3.63) is 35.9 Å². The first-order valence-corrected chi connectivity index (χ1v) is 11.7. The molecule has 0 bridgehead atoms. The summed E-state index contributed by atoms with van der Waals surface area (Å²) < 4.78 is 49.3. The molecule has 0 aromatic heterocycles. The van der Waals surface area contributed by atoms with Crippen LogP contribution in [0.1, 0.15) is 24.8 Å². The maximum absolute atomic E-state index is 12.6. The molecule has 0 saturated heterocycles. The van der Waals surface area contributed by atoms with Gasteiger partial charge < -0.3 is 24.3 Å². The Kier molecular flexibility index (Phi) is 7.81. The van der Waals surface area contributed by atoms with Gasteiger partial charge in [0.1, 0.15) is 0 Å². The third kappa shape index (κ3) is 5.83. The Labute approximate surface area is 188 Å². The van der Waals surface area contributed by atoms with E-state index in [1.165, 1.54) is 19.2 Å². The zero-order valence-electron chi connectivity index (χ0n) is 18.4. The first-order valence-electron chi connectivity index (χ1n) is 10.3. The first-order chi connectivity index (χ1) is 15.3. The molecule has 0 radical (unpaired) electrons. The second-order valence-electron chi connectivity index (χ2n) is 7.23. The van der Waals surface area contributed by atoms with Gasteiger partial charge in [0.2, 0.25) is 15.9 Å². The molecule has 1 aliphatic rings. The van der Waals surface area contributed by atoms with Crippen LogP contribution in [-0.2, 0) is 14.8 Å². The van der Waals surface area contributed by atoms with E-state index in [0.29, 0.717) is 48.3 Å². The molecule has 2 N–H and O–H groups in total. The lowest BCUT2D eigenvalue weighted by atomic mass is 10.1. The lowest BCUT2D eigenvalue weighted by Gasteiger charge is -2.14. The van der Waals surface area contributed by atoms with Gasteiger partial charge in [-0.25, -0.2) is 13.1 Å². The smallest absolute Gasteiger partial charge is 0.240 e. The number of hydrogen-bond acceptors (Lipinski definition) is 7. The number of anilines is 1. The monoisotopic (exact) mass is 464 g/mol. The Morgan fingerprint density at radius 2 is 1.72 bits per heavy atom. The van der Waals surface area contributed by atoms with Crippen LogP contribution in [-0.4, -0.2) is 48.3 Å². The number of rotatable bonds is 9. The highest BCUT2D eigenvalue weighted by Gasteiger charge is 2.19. The van der Waals surface area contributed by atoms with E-state index in [1.807, 2.05) is 6.92 Å². The van der Waals surface area contributed by atoms with Gasteiger partial charge in [0.25, 0.3) is 0 Å². The number of fused-ring (bicyclic) bond motifs is 1. The van der Waals surface area contributed by atoms with Crippen molar-refractivity contribution in [2.45, 2.75) is 31.1 Å². The van der Waals surface area contributed by atoms with Crippen LogP contribution in [0.15, 0.2) is 35.2 Å². The van der Waals surface area contributed by atoms with Gasteiger partial charge in [0.15, 0.2) is 23.0 Å². The Morgan fingerprint density at radius 3 is 2.44 bits per heavy atom. The fourth-order valence-electron chi connectivity index (χ4n) is 3.18. The number of hydrogen-bond donors (Lipinski definition) is 2. The van der Waals surface area contributed by atoms with Crippen LogP contribution in [0.5, 0.6) is 23.0 Å². The predicted molar refractivity (Wildman–Crippen MR) is 119 cm³/mol. The van der Waals surface area contributed by atoms with E-state index in [1.54, 1.807) is 25.3 Å². The second-order valence-corrected chi connectivity index (χ2v) is 9.00. The van der Waals surface area contributed by atoms with E-state index in [2.05, 4.69) is 10.0 Å². The average Bonchev–Trinajstić information content (AvgIpc) is 3.02. The van der Waals surface area contributed by atoms with Crippen LogP contribution in [0.25, 0.3) is 0 Å². The van der Waals surface area contributed by atoms with Gasteiger partial charge in [-0.1, -0.05) is 0 Å². The third-order valence-corrected chi connectivity index (χ3v) is 6.37. The number of carbonyl (C=O) groups excluding carboxylic acids is 1. The van der Waals surface area contributed by atoms with Crippen molar-refractivity contribution in [3.8, 4) is 23.0 Å². The molecule has 3 rings (SSSR count). The number of nitrogens with one attached hydrogen (secondary N) is 2. The number of aryl methyl sites for hydroxylation is 1. The molecule has 0 fully saturated rings. The molecule has 2 aromatic carbocycles. The van der Waals surface area contributed by atoms with Crippen LogP contribution >= 0.6 is 0 Å². The predicted octanol–water partition coefficient (Wildman–Crippen LogP) is 2.87. The fraction of sp³-hybridized carbons (Fsp3) is 0.409. The Balaban J connectivity index is 1.52. The van der Waals surface area contributed by atoms with Gasteiger partial charge in [-0.2, -0.15) is 0 Å². The summed E-state index contributed by atoms with van der Waals surface area (Å²) in [6.45, 7) is 2.97. The van der Waals surface area contributed by atoms with Crippen LogP contribution in [0.4, 0.5) is 5.69 Å². The molecule has 0 saturated carbocycles. The molecule has 1 aliphatic heterocycles. The molecular formula is C22H28N2O7S. The molecule has 32 heavy (non-hydrogen) atoms. The first kappa shape index (κ1) is 23.7. The van der Waals surface area contributed by atoms with E-state index in [9.17, 15) is 13.2 Å². The summed E-state index contributed by atoms with van der Waals surface area (Å²) in [6, 6.07) is 7.99. The summed E-state index contributed by atoms with van der Waals surface area (Å²) in [5.74, 6) is 1.80. The number of sulfonamides is 1. The molecule has 1 amide bonds. The topological polar surface area (TPSA) is 112 Å². The van der Waals surface area contributed by atoms with Gasteiger partial charge in [0, 0.05) is 37.2 Å². The quantitative estimate of drug-likeness (QED) is 0.549. The maximum atomic E-state index is 12.6. The minimum absolute atomic E-state index is 0.0900. The lowest BCUT2D eigenvalue weighted by Crippen LogP contribution is -2.26. The van der Waals surface area contributed by atoms with E-state index < -0.39 is 10.0 Å². The molecule has 10 heteroatoms.